The highest BCUT2D eigenvalue weighted by molar-refractivity contribution is 5.98. The second kappa shape index (κ2) is 7.50. The summed E-state index contributed by atoms with van der Waals surface area (Å²) in [5.41, 5.74) is 1.45. The van der Waals surface area contributed by atoms with Gasteiger partial charge in [0, 0.05) is 18.2 Å². The molecule has 1 saturated carbocycles. The summed E-state index contributed by atoms with van der Waals surface area (Å²) >= 11 is 0. The summed E-state index contributed by atoms with van der Waals surface area (Å²) < 4.78 is 10.8. The predicted octanol–water partition coefficient (Wildman–Crippen LogP) is 4.22. The van der Waals surface area contributed by atoms with Crippen molar-refractivity contribution in [2.75, 3.05) is 6.79 Å². The Bertz CT molecular complexity index is 921. The molecular formula is C21H22N2O5. The number of fused-ring (bicyclic) bond motifs is 1. The van der Waals surface area contributed by atoms with E-state index in [-0.39, 0.29) is 30.0 Å². The minimum Gasteiger partial charge on any atom is -0.454 e. The van der Waals surface area contributed by atoms with Crippen molar-refractivity contribution in [1.82, 2.24) is 4.90 Å². The Hall–Kier alpha value is -3.09. The van der Waals surface area contributed by atoms with Crippen LogP contribution in [0.25, 0.3) is 0 Å². The Labute approximate surface area is 163 Å². The number of ether oxygens (including phenoxy) is 2. The maximum atomic E-state index is 13.4. The quantitative estimate of drug-likeness (QED) is 0.571. The minimum absolute atomic E-state index is 0.0815. The number of nitrogens with zero attached hydrogens (tertiary/aromatic N) is 2. The SMILES string of the molecule is Cc1cccc(C(=O)N(Cc2ccc3c(c2)OCO3)C2CCCC2)c1[N+](=O)[O-]. The van der Waals surface area contributed by atoms with E-state index in [1.165, 1.54) is 0 Å². The van der Waals surface area contributed by atoms with Crippen molar-refractivity contribution in [2.24, 2.45) is 0 Å². The molecule has 0 bridgehead atoms. The molecule has 1 aliphatic heterocycles. The van der Waals surface area contributed by atoms with E-state index in [0.717, 1.165) is 31.2 Å². The van der Waals surface area contributed by atoms with Crippen molar-refractivity contribution in [3.63, 3.8) is 0 Å². The van der Waals surface area contributed by atoms with Gasteiger partial charge in [-0.05, 0) is 43.5 Å². The third-order valence-corrected chi connectivity index (χ3v) is 5.47. The highest BCUT2D eigenvalue weighted by atomic mass is 16.7. The Morgan fingerprint density at radius 3 is 2.68 bits per heavy atom. The molecule has 1 amide bonds. The molecule has 28 heavy (non-hydrogen) atoms. The number of amides is 1. The van der Waals surface area contributed by atoms with E-state index in [4.69, 9.17) is 9.47 Å². The van der Waals surface area contributed by atoms with Gasteiger partial charge in [-0.2, -0.15) is 0 Å². The van der Waals surface area contributed by atoms with Gasteiger partial charge in [-0.3, -0.25) is 14.9 Å². The summed E-state index contributed by atoms with van der Waals surface area (Å²) in [5.74, 6) is 1.06. The normalized spacial score (nSPS) is 15.6. The number of aryl methyl sites for hydroxylation is 1. The lowest BCUT2D eigenvalue weighted by atomic mass is 10.0. The topological polar surface area (TPSA) is 81.9 Å². The van der Waals surface area contributed by atoms with Crippen molar-refractivity contribution in [1.29, 1.82) is 0 Å². The number of benzene rings is 2. The second-order valence-electron chi connectivity index (χ2n) is 7.29. The molecule has 2 aromatic rings. The van der Waals surface area contributed by atoms with Crippen LogP contribution >= 0.6 is 0 Å². The minimum atomic E-state index is -0.462. The molecule has 2 aliphatic rings. The summed E-state index contributed by atoms with van der Waals surface area (Å²) in [6, 6.07) is 10.6. The zero-order valence-electron chi connectivity index (χ0n) is 15.7. The molecular weight excluding hydrogens is 360 g/mol. The van der Waals surface area contributed by atoms with Crippen LogP contribution in [0.2, 0.25) is 0 Å². The van der Waals surface area contributed by atoms with Gasteiger partial charge in [0.05, 0.1) is 4.92 Å². The number of hydrogen-bond acceptors (Lipinski definition) is 5. The Morgan fingerprint density at radius 2 is 1.93 bits per heavy atom. The number of rotatable bonds is 5. The van der Waals surface area contributed by atoms with E-state index < -0.39 is 4.92 Å². The fourth-order valence-electron chi connectivity index (χ4n) is 4.05. The van der Waals surface area contributed by atoms with Crippen molar-refractivity contribution in [3.05, 3.63) is 63.2 Å². The van der Waals surface area contributed by atoms with Gasteiger partial charge in [0.1, 0.15) is 5.56 Å². The van der Waals surface area contributed by atoms with Crippen molar-refractivity contribution in [3.8, 4) is 11.5 Å². The molecule has 4 rings (SSSR count). The number of para-hydroxylation sites is 1. The first kappa shape index (κ1) is 18.3. The van der Waals surface area contributed by atoms with Crippen LogP contribution in [-0.4, -0.2) is 28.6 Å². The van der Waals surface area contributed by atoms with Crippen LogP contribution in [0.3, 0.4) is 0 Å². The number of nitro groups is 1. The van der Waals surface area contributed by atoms with Crippen molar-refractivity contribution < 1.29 is 19.2 Å². The van der Waals surface area contributed by atoms with Crippen LogP contribution < -0.4 is 9.47 Å². The van der Waals surface area contributed by atoms with E-state index >= 15 is 0 Å². The summed E-state index contributed by atoms with van der Waals surface area (Å²) in [6.45, 7) is 2.23. The van der Waals surface area contributed by atoms with Crippen LogP contribution in [0.4, 0.5) is 5.69 Å². The lowest BCUT2D eigenvalue weighted by Crippen LogP contribution is -2.38. The van der Waals surface area contributed by atoms with Gasteiger partial charge in [-0.15, -0.1) is 0 Å². The van der Waals surface area contributed by atoms with Crippen molar-refractivity contribution >= 4 is 11.6 Å². The number of nitro benzene ring substituents is 1. The molecule has 7 heteroatoms. The molecule has 7 nitrogen and oxygen atoms in total. The monoisotopic (exact) mass is 382 g/mol. The first-order valence-corrected chi connectivity index (χ1v) is 9.48. The summed E-state index contributed by atoms with van der Waals surface area (Å²) in [6.07, 6.45) is 3.95. The standard InChI is InChI=1S/C21H22N2O5/c1-14-5-4-8-17(20(14)23(25)26)21(24)22(16-6-2-3-7-16)12-15-9-10-18-19(11-15)28-13-27-18/h4-5,8-11,16H,2-3,6-7,12-13H2,1H3. The molecule has 0 unspecified atom stereocenters. The molecule has 1 fully saturated rings. The zero-order valence-corrected chi connectivity index (χ0v) is 15.7. The number of carbonyl (C=O) groups excluding carboxylic acids is 1. The van der Waals surface area contributed by atoms with Crippen LogP contribution in [-0.2, 0) is 6.54 Å². The third kappa shape index (κ3) is 3.40. The third-order valence-electron chi connectivity index (χ3n) is 5.47. The van der Waals surface area contributed by atoms with E-state index in [2.05, 4.69) is 0 Å². The fraction of sp³-hybridized carbons (Fsp3) is 0.381. The first-order chi connectivity index (χ1) is 13.5. The molecule has 0 N–H and O–H groups in total. The van der Waals surface area contributed by atoms with Gasteiger partial charge < -0.3 is 14.4 Å². The highest BCUT2D eigenvalue weighted by Crippen LogP contribution is 2.35. The van der Waals surface area contributed by atoms with E-state index in [1.807, 2.05) is 18.2 Å². The molecule has 1 aliphatic carbocycles. The van der Waals surface area contributed by atoms with E-state index in [0.29, 0.717) is 23.6 Å². The van der Waals surface area contributed by atoms with Gasteiger partial charge >= 0.3 is 0 Å². The first-order valence-electron chi connectivity index (χ1n) is 9.48. The maximum Gasteiger partial charge on any atom is 0.285 e. The molecule has 1 heterocycles. The van der Waals surface area contributed by atoms with E-state index in [9.17, 15) is 14.9 Å². The van der Waals surface area contributed by atoms with Crippen LogP contribution in [0.15, 0.2) is 36.4 Å². The molecule has 0 atom stereocenters. The lowest BCUT2D eigenvalue weighted by molar-refractivity contribution is -0.385. The van der Waals surface area contributed by atoms with Gasteiger partial charge in [0.2, 0.25) is 6.79 Å². The molecule has 0 radical (unpaired) electrons. The van der Waals surface area contributed by atoms with Gasteiger partial charge in [0.15, 0.2) is 11.5 Å². The van der Waals surface area contributed by atoms with Gasteiger partial charge in [-0.25, -0.2) is 0 Å². The molecule has 2 aromatic carbocycles. The van der Waals surface area contributed by atoms with Crippen LogP contribution in [0.1, 0.15) is 47.2 Å². The molecule has 146 valence electrons. The Balaban J connectivity index is 1.68. The summed E-state index contributed by atoms with van der Waals surface area (Å²) in [5, 5.41) is 11.6. The van der Waals surface area contributed by atoms with Crippen molar-refractivity contribution in [2.45, 2.75) is 45.2 Å². The average Bonchev–Trinajstić information content (AvgIpc) is 3.36. The Morgan fingerprint density at radius 1 is 1.18 bits per heavy atom. The predicted molar refractivity (Wildman–Crippen MR) is 103 cm³/mol. The smallest absolute Gasteiger partial charge is 0.285 e. The largest absolute Gasteiger partial charge is 0.454 e. The lowest BCUT2D eigenvalue weighted by Gasteiger charge is -2.29. The summed E-state index contributed by atoms with van der Waals surface area (Å²) in [7, 11) is 0. The highest BCUT2D eigenvalue weighted by Gasteiger charge is 2.32. The molecule has 0 aromatic heterocycles. The molecule has 0 spiro atoms. The average molecular weight is 382 g/mol. The Kier molecular flexibility index (Phi) is 4.90. The van der Waals surface area contributed by atoms with E-state index in [1.54, 1.807) is 30.0 Å². The summed E-state index contributed by atoms with van der Waals surface area (Å²) in [4.78, 5) is 26.3. The molecule has 0 saturated heterocycles. The van der Waals surface area contributed by atoms with Gasteiger partial charge in [0.25, 0.3) is 11.6 Å². The van der Waals surface area contributed by atoms with Crippen LogP contribution in [0.5, 0.6) is 11.5 Å². The number of carbonyl (C=O) groups is 1. The maximum absolute atomic E-state index is 13.4. The fourth-order valence-corrected chi connectivity index (χ4v) is 4.05. The van der Waals surface area contributed by atoms with Crippen LogP contribution in [0, 0.1) is 17.0 Å². The second-order valence-corrected chi connectivity index (χ2v) is 7.29. The zero-order chi connectivity index (χ0) is 19.7. The van der Waals surface area contributed by atoms with Gasteiger partial charge in [-0.1, -0.05) is 31.0 Å². The number of hydrogen-bond donors (Lipinski definition) is 0.